The summed E-state index contributed by atoms with van der Waals surface area (Å²) in [5, 5.41) is 5.09. The zero-order chi connectivity index (χ0) is 10.3. The molecular formula is C6H11F3N2OS. The van der Waals surface area contributed by atoms with Crippen molar-refractivity contribution in [2.45, 2.75) is 5.51 Å². The normalized spacial score (nSPS) is 11.4. The SMILES string of the molecule is CNCCNC(=O)CSC(F)(F)F. The molecule has 3 nitrogen and oxygen atoms in total. The third kappa shape index (κ3) is 9.48. The van der Waals surface area contributed by atoms with Crippen molar-refractivity contribution in [2.75, 3.05) is 25.9 Å². The summed E-state index contributed by atoms with van der Waals surface area (Å²) in [4.78, 5) is 10.7. The molecule has 0 spiro atoms. The molecule has 0 fully saturated rings. The van der Waals surface area contributed by atoms with Crippen LogP contribution in [0.4, 0.5) is 13.2 Å². The summed E-state index contributed by atoms with van der Waals surface area (Å²) < 4.78 is 34.7. The summed E-state index contributed by atoms with van der Waals surface area (Å²) in [7, 11) is 1.69. The first kappa shape index (κ1) is 12.6. The fourth-order valence-corrected chi connectivity index (χ4v) is 0.922. The Labute approximate surface area is 78.4 Å². The number of likely N-dealkylation sites (N-methyl/N-ethyl adjacent to an activating group) is 1. The standard InChI is InChI=1S/C6H11F3N2OS/c1-10-2-3-11-5(12)4-13-6(7,8)9/h10H,2-4H2,1H3,(H,11,12). The van der Waals surface area contributed by atoms with Crippen LogP contribution in [0.2, 0.25) is 0 Å². The molecule has 0 aromatic rings. The Hall–Kier alpha value is -0.430. The summed E-state index contributed by atoms with van der Waals surface area (Å²) in [6.07, 6.45) is 0. The van der Waals surface area contributed by atoms with Gasteiger partial charge in [0.25, 0.3) is 0 Å². The minimum atomic E-state index is -4.33. The van der Waals surface area contributed by atoms with Crippen LogP contribution in [-0.4, -0.2) is 37.3 Å². The molecule has 7 heteroatoms. The number of hydrogen-bond acceptors (Lipinski definition) is 3. The lowest BCUT2D eigenvalue weighted by Gasteiger charge is -2.06. The van der Waals surface area contributed by atoms with Crippen molar-refractivity contribution in [1.29, 1.82) is 0 Å². The monoisotopic (exact) mass is 216 g/mol. The maximum absolute atomic E-state index is 11.6. The Kier molecular flexibility index (Phi) is 5.89. The summed E-state index contributed by atoms with van der Waals surface area (Å²) >= 11 is -0.333. The number of amides is 1. The Morgan fingerprint density at radius 1 is 1.38 bits per heavy atom. The molecule has 0 aliphatic rings. The molecule has 0 bridgehead atoms. The smallest absolute Gasteiger partial charge is 0.354 e. The molecule has 0 aromatic heterocycles. The van der Waals surface area contributed by atoms with Crippen LogP contribution < -0.4 is 10.6 Å². The first-order chi connectivity index (χ1) is 5.95. The van der Waals surface area contributed by atoms with Gasteiger partial charge in [-0.05, 0) is 18.8 Å². The molecule has 0 radical (unpaired) electrons. The molecule has 13 heavy (non-hydrogen) atoms. The van der Waals surface area contributed by atoms with E-state index in [0.717, 1.165) is 0 Å². The lowest BCUT2D eigenvalue weighted by atomic mass is 10.6. The molecule has 0 saturated heterocycles. The van der Waals surface area contributed by atoms with Crippen LogP contribution in [-0.2, 0) is 4.79 Å². The lowest BCUT2D eigenvalue weighted by Crippen LogP contribution is -2.32. The van der Waals surface area contributed by atoms with Gasteiger partial charge in [-0.1, -0.05) is 0 Å². The molecule has 0 atom stereocenters. The second kappa shape index (κ2) is 6.09. The van der Waals surface area contributed by atoms with Crippen molar-refractivity contribution in [3.8, 4) is 0 Å². The predicted molar refractivity (Wildman–Crippen MR) is 45.4 cm³/mol. The number of carbonyl (C=O) groups excluding carboxylic acids is 1. The number of halogens is 3. The number of rotatable bonds is 5. The van der Waals surface area contributed by atoms with E-state index in [4.69, 9.17) is 0 Å². The fourth-order valence-electron chi connectivity index (χ4n) is 0.525. The zero-order valence-corrected chi connectivity index (χ0v) is 7.89. The van der Waals surface area contributed by atoms with Crippen LogP contribution in [0.3, 0.4) is 0 Å². The van der Waals surface area contributed by atoms with E-state index < -0.39 is 17.2 Å². The van der Waals surface area contributed by atoms with E-state index >= 15 is 0 Å². The van der Waals surface area contributed by atoms with Gasteiger partial charge in [-0.2, -0.15) is 13.2 Å². The van der Waals surface area contributed by atoms with Crippen molar-refractivity contribution >= 4 is 17.7 Å². The van der Waals surface area contributed by atoms with Gasteiger partial charge >= 0.3 is 5.51 Å². The molecule has 0 unspecified atom stereocenters. The van der Waals surface area contributed by atoms with Crippen LogP contribution in [0.5, 0.6) is 0 Å². The van der Waals surface area contributed by atoms with Crippen molar-refractivity contribution in [3.63, 3.8) is 0 Å². The van der Waals surface area contributed by atoms with Gasteiger partial charge in [-0.25, -0.2) is 0 Å². The predicted octanol–water partition coefficient (Wildman–Crippen LogP) is 0.575. The average Bonchev–Trinajstić information content (AvgIpc) is 2.00. The van der Waals surface area contributed by atoms with E-state index in [-0.39, 0.29) is 11.8 Å². The van der Waals surface area contributed by atoms with Gasteiger partial charge in [0.1, 0.15) is 0 Å². The topological polar surface area (TPSA) is 41.1 Å². The molecule has 0 saturated carbocycles. The van der Waals surface area contributed by atoms with Gasteiger partial charge in [0, 0.05) is 13.1 Å². The highest BCUT2D eigenvalue weighted by molar-refractivity contribution is 8.00. The van der Waals surface area contributed by atoms with Crippen LogP contribution in [0.1, 0.15) is 0 Å². The van der Waals surface area contributed by atoms with Gasteiger partial charge in [0.05, 0.1) is 5.75 Å². The van der Waals surface area contributed by atoms with Crippen molar-refractivity contribution in [2.24, 2.45) is 0 Å². The fraction of sp³-hybridized carbons (Fsp3) is 0.833. The zero-order valence-electron chi connectivity index (χ0n) is 7.07. The number of carbonyl (C=O) groups is 1. The highest BCUT2D eigenvalue weighted by atomic mass is 32.2. The Balaban J connectivity index is 3.41. The van der Waals surface area contributed by atoms with E-state index in [9.17, 15) is 18.0 Å². The number of nitrogens with one attached hydrogen (secondary N) is 2. The third-order valence-corrected chi connectivity index (χ3v) is 1.80. The highest BCUT2D eigenvalue weighted by Gasteiger charge is 2.28. The van der Waals surface area contributed by atoms with Gasteiger partial charge in [-0.3, -0.25) is 4.79 Å². The van der Waals surface area contributed by atoms with Crippen LogP contribution in [0, 0.1) is 0 Å². The first-order valence-electron chi connectivity index (χ1n) is 3.57. The van der Waals surface area contributed by atoms with Gasteiger partial charge in [0.2, 0.25) is 5.91 Å². The Bertz CT molecular complexity index is 162. The Morgan fingerprint density at radius 2 is 2.00 bits per heavy atom. The minimum absolute atomic E-state index is 0.333. The summed E-state index contributed by atoms with van der Waals surface area (Å²) in [6.45, 7) is 0.885. The van der Waals surface area contributed by atoms with Gasteiger partial charge in [0.15, 0.2) is 0 Å². The van der Waals surface area contributed by atoms with E-state index in [1.54, 1.807) is 7.05 Å². The summed E-state index contributed by atoms with van der Waals surface area (Å²) in [5.74, 6) is -1.18. The molecule has 78 valence electrons. The van der Waals surface area contributed by atoms with Crippen LogP contribution in [0.15, 0.2) is 0 Å². The maximum Gasteiger partial charge on any atom is 0.442 e. The molecule has 2 N–H and O–H groups in total. The lowest BCUT2D eigenvalue weighted by molar-refractivity contribution is -0.118. The second-order valence-corrected chi connectivity index (χ2v) is 3.23. The maximum atomic E-state index is 11.6. The number of alkyl halides is 3. The number of thioether (sulfide) groups is 1. The molecule has 0 aromatic carbocycles. The van der Waals surface area contributed by atoms with Crippen molar-refractivity contribution in [1.82, 2.24) is 10.6 Å². The molecule has 0 aliphatic heterocycles. The van der Waals surface area contributed by atoms with E-state index in [2.05, 4.69) is 10.6 Å². The second-order valence-electron chi connectivity index (χ2n) is 2.19. The molecule has 1 amide bonds. The van der Waals surface area contributed by atoms with Crippen molar-refractivity contribution < 1.29 is 18.0 Å². The molecule has 0 heterocycles. The number of hydrogen-bond donors (Lipinski definition) is 2. The van der Waals surface area contributed by atoms with Crippen molar-refractivity contribution in [3.05, 3.63) is 0 Å². The van der Waals surface area contributed by atoms with E-state index in [0.29, 0.717) is 13.1 Å². The third-order valence-electron chi connectivity index (χ3n) is 1.06. The minimum Gasteiger partial charge on any atom is -0.354 e. The first-order valence-corrected chi connectivity index (χ1v) is 4.56. The van der Waals surface area contributed by atoms with E-state index in [1.807, 2.05) is 0 Å². The Morgan fingerprint density at radius 3 is 2.46 bits per heavy atom. The van der Waals surface area contributed by atoms with Gasteiger partial charge in [-0.15, -0.1) is 0 Å². The summed E-state index contributed by atoms with van der Waals surface area (Å²) in [6, 6.07) is 0. The van der Waals surface area contributed by atoms with E-state index in [1.165, 1.54) is 0 Å². The largest absolute Gasteiger partial charge is 0.442 e. The van der Waals surface area contributed by atoms with Crippen LogP contribution in [0.25, 0.3) is 0 Å². The molecule has 0 rings (SSSR count). The quantitative estimate of drug-likeness (QED) is 0.660. The average molecular weight is 216 g/mol. The van der Waals surface area contributed by atoms with Crippen LogP contribution >= 0.6 is 11.8 Å². The molecular weight excluding hydrogens is 205 g/mol. The highest BCUT2D eigenvalue weighted by Crippen LogP contribution is 2.29. The molecule has 0 aliphatic carbocycles. The van der Waals surface area contributed by atoms with Gasteiger partial charge < -0.3 is 10.6 Å². The summed E-state index contributed by atoms with van der Waals surface area (Å²) in [5.41, 5.74) is -4.33.